The van der Waals surface area contributed by atoms with Gasteiger partial charge in [0.1, 0.15) is 6.54 Å². The van der Waals surface area contributed by atoms with Crippen molar-refractivity contribution in [2.45, 2.75) is 25.7 Å². The van der Waals surface area contributed by atoms with E-state index in [0.29, 0.717) is 16.4 Å². The number of anilines is 2. The van der Waals surface area contributed by atoms with Crippen LogP contribution in [0.5, 0.6) is 0 Å². The second kappa shape index (κ2) is 8.90. The number of nitrogens with one attached hydrogen (secondary N) is 1. The van der Waals surface area contributed by atoms with E-state index in [4.69, 9.17) is 11.6 Å². The number of nitrogens with zero attached hydrogens (tertiary/aromatic N) is 1. The van der Waals surface area contributed by atoms with E-state index in [0.717, 1.165) is 21.0 Å². The number of hydrogen-bond donors (Lipinski definition) is 1. The number of amides is 1. The maximum absolute atomic E-state index is 13.4. The average Bonchev–Trinajstić information content (AvgIpc) is 2.66. The number of carbonyl (C=O) groups excluding carboxylic acids is 1. The molecule has 0 aromatic heterocycles. The Kier molecular flexibility index (Phi) is 6.48. The number of para-hydroxylation sites is 1. The van der Waals surface area contributed by atoms with Crippen molar-refractivity contribution in [1.29, 1.82) is 0 Å². The minimum Gasteiger partial charge on any atom is -0.324 e. The minimum absolute atomic E-state index is 0.0642. The number of hydrogen-bond acceptors (Lipinski definition) is 3. The van der Waals surface area contributed by atoms with Gasteiger partial charge >= 0.3 is 0 Å². The molecule has 0 unspecified atom stereocenters. The molecular formula is C23H23ClN2O3S. The van der Waals surface area contributed by atoms with E-state index < -0.39 is 15.9 Å². The zero-order chi connectivity index (χ0) is 21.9. The van der Waals surface area contributed by atoms with Gasteiger partial charge in [-0.1, -0.05) is 35.9 Å². The first kappa shape index (κ1) is 21.9. The lowest BCUT2D eigenvalue weighted by Crippen LogP contribution is -2.38. The molecule has 0 fully saturated rings. The van der Waals surface area contributed by atoms with Crippen LogP contribution < -0.4 is 9.62 Å². The molecule has 3 aromatic carbocycles. The van der Waals surface area contributed by atoms with Crippen LogP contribution in [0.15, 0.2) is 71.6 Å². The molecule has 0 atom stereocenters. The van der Waals surface area contributed by atoms with Gasteiger partial charge in [-0.05, 0) is 79.9 Å². The van der Waals surface area contributed by atoms with Crippen molar-refractivity contribution in [3.8, 4) is 0 Å². The molecule has 1 amide bonds. The summed E-state index contributed by atoms with van der Waals surface area (Å²) in [5.74, 6) is -0.430. The van der Waals surface area contributed by atoms with Crippen LogP contribution in [0.3, 0.4) is 0 Å². The highest BCUT2D eigenvalue weighted by atomic mass is 35.5. The Balaban J connectivity index is 1.97. The van der Waals surface area contributed by atoms with Gasteiger partial charge in [-0.3, -0.25) is 9.10 Å². The Morgan fingerprint density at radius 2 is 1.53 bits per heavy atom. The summed E-state index contributed by atoms with van der Waals surface area (Å²) in [6.45, 7) is 5.32. The van der Waals surface area contributed by atoms with E-state index in [1.807, 2.05) is 51.1 Å². The molecule has 3 rings (SSSR count). The Bertz CT molecular complexity index is 1160. The van der Waals surface area contributed by atoms with Crippen LogP contribution in [-0.4, -0.2) is 20.9 Å². The van der Waals surface area contributed by atoms with E-state index in [-0.39, 0.29) is 11.4 Å². The molecule has 0 saturated heterocycles. The maximum Gasteiger partial charge on any atom is 0.264 e. The summed E-state index contributed by atoms with van der Waals surface area (Å²) in [5.41, 5.74) is 3.84. The molecule has 0 aliphatic heterocycles. The summed E-state index contributed by atoms with van der Waals surface area (Å²) in [5, 5.41) is 3.24. The largest absolute Gasteiger partial charge is 0.324 e. The summed E-state index contributed by atoms with van der Waals surface area (Å²) in [6, 6.07) is 18.6. The average molecular weight is 443 g/mol. The highest BCUT2D eigenvalue weighted by molar-refractivity contribution is 7.92. The summed E-state index contributed by atoms with van der Waals surface area (Å²) in [4.78, 5) is 12.9. The second-order valence-electron chi connectivity index (χ2n) is 7.18. The Hall–Kier alpha value is -2.83. The third-order valence-corrected chi connectivity index (χ3v) is 6.60. The standard InChI is InChI=1S/C23H23ClN2O3S/c1-16-12-17(2)14-20(13-16)25-23(27)15-26(22-7-5-4-6-18(22)3)30(28,29)21-10-8-19(24)9-11-21/h4-14H,15H2,1-3H3,(H,25,27). The van der Waals surface area contributed by atoms with Gasteiger partial charge in [0.15, 0.2) is 0 Å². The van der Waals surface area contributed by atoms with Crippen molar-refractivity contribution >= 4 is 38.9 Å². The summed E-state index contributed by atoms with van der Waals surface area (Å²) >= 11 is 5.91. The first-order valence-corrected chi connectivity index (χ1v) is 11.2. The predicted molar refractivity (Wildman–Crippen MR) is 122 cm³/mol. The van der Waals surface area contributed by atoms with Crippen LogP contribution in [-0.2, 0) is 14.8 Å². The van der Waals surface area contributed by atoms with E-state index in [1.54, 1.807) is 12.1 Å². The van der Waals surface area contributed by atoms with Crippen molar-refractivity contribution < 1.29 is 13.2 Å². The van der Waals surface area contributed by atoms with Crippen LogP contribution in [0.4, 0.5) is 11.4 Å². The van der Waals surface area contributed by atoms with Gasteiger partial charge in [0, 0.05) is 10.7 Å². The van der Waals surface area contributed by atoms with Crippen molar-refractivity contribution in [3.63, 3.8) is 0 Å². The maximum atomic E-state index is 13.4. The molecule has 0 aliphatic rings. The first-order chi connectivity index (χ1) is 14.2. The first-order valence-electron chi connectivity index (χ1n) is 9.39. The molecule has 1 N–H and O–H groups in total. The Labute approximate surface area is 182 Å². The van der Waals surface area contributed by atoms with Gasteiger partial charge in [0.05, 0.1) is 10.6 Å². The fourth-order valence-corrected chi connectivity index (χ4v) is 4.87. The number of carbonyl (C=O) groups is 1. The molecule has 3 aromatic rings. The molecule has 0 spiro atoms. The zero-order valence-corrected chi connectivity index (χ0v) is 18.6. The van der Waals surface area contributed by atoms with Crippen LogP contribution in [0, 0.1) is 20.8 Å². The fraction of sp³-hybridized carbons (Fsp3) is 0.174. The summed E-state index contributed by atoms with van der Waals surface area (Å²) < 4.78 is 27.9. The molecule has 0 radical (unpaired) electrons. The smallest absolute Gasteiger partial charge is 0.264 e. The normalized spacial score (nSPS) is 11.2. The van der Waals surface area contributed by atoms with Gasteiger partial charge in [0.25, 0.3) is 10.0 Å². The Morgan fingerprint density at radius 1 is 0.933 bits per heavy atom. The number of sulfonamides is 1. The van der Waals surface area contributed by atoms with Crippen LogP contribution in [0.2, 0.25) is 5.02 Å². The van der Waals surface area contributed by atoms with Gasteiger partial charge in [0.2, 0.25) is 5.91 Å². The van der Waals surface area contributed by atoms with Crippen LogP contribution >= 0.6 is 11.6 Å². The molecule has 0 heterocycles. The molecular weight excluding hydrogens is 420 g/mol. The second-order valence-corrected chi connectivity index (χ2v) is 9.48. The van der Waals surface area contributed by atoms with E-state index in [1.165, 1.54) is 24.3 Å². The van der Waals surface area contributed by atoms with Gasteiger partial charge in [-0.25, -0.2) is 8.42 Å². The molecule has 156 valence electrons. The van der Waals surface area contributed by atoms with Crippen molar-refractivity contribution in [2.75, 3.05) is 16.2 Å². The van der Waals surface area contributed by atoms with Crippen molar-refractivity contribution in [3.05, 3.63) is 88.4 Å². The number of rotatable bonds is 6. The van der Waals surface area contributed by atoms with E-state index in [9.17, 15) is 13.2 Å². The molecule has 0 aliphatic carbocycles. The van der Waals surface area contributed by atoms with Crippen molar-refractivity contribution in [2.24, 2.45) is 0 Å². The SMILES string of the molecule is Cc1cc(C)cc(NC(=O)CN(c2ccccc2C)S(=O)(=O)c2ccc(Cl)cc2)c1. The van der Waals surface area contributed by atoms with Gasteiger partial charge in [-0.2, -0.15) is 0 Å². The highest BCUT2D eigenvalue weighted by Gasteiger charge is 2.28. The third kappa shape index (κ3) is 5.01. The quantitative estimate of drug-likeness (QED) is 0.577. The fourth-order valence-electron chi connectivity index (χ4n) is 3.25. The minimum atomic E-state index is -3.98. The van der Waals surface area contributed by atoms with Crippen LogP contribution in [0.25, 0.3) is 0 Å². The van der Waals surface area contributed by atoms with Gasteiger partial charge in [-0.15, -0.1) is 0 Å². The zero-order valence-electron chi connectivity index (χ0n) is 17.0. The van der Waals surface area contributed by atoms with E-state index in [2.05, 4.69) is 5.32 Å². The van der Waals surface area contributed by atoms with Gasteiger partial charge < -0.3 is 5.32 Å². The topological polar surface area (TPSA) is 66.5 Å². The summed E-state index contributed by atoms with van der Waals surface area (Å²) in [6.07, 6.45) is 0. The molecule has 0 bridgehead atoms. The van der Waals surface area contributed by atoms with Crippen molar-refractivity contribution in [1.82, 2.24) is 0 Å². The lowest BCUT2D eigenvalue weighted by molar-refractivity contribution is -0.114. The van der Waals surface area contributed by atoms with Crippen LogP contribution in [0.1, 0.15) is 16.7 Å². The predicted octanol–water partition coefficient (Wildman–Crippen LogP) is 5.10. The Morgan fingerprint density at radius 3 is 2.13 bits per heavy atom. The van der Waals surface area contributed by atoms with E-state index >= 15 is 0 Å². The third-order valence-electron chi connectivity index (χ3n) is 4.58. The summed E-state index contributed by atoms with van der Waals surface area (Å²) in [7, 11) is -3.98. The number of aryl methyl sites for hydroxylation is 3. The lowest BCUT2D eigenvalue weighted by Gasteiger charge is -2.25. The molecule has 30 heavy (non-hydrogen) atoms. The molecule has 7 heteroatoms. The monoisotopic (exact) mass is 442 g/mol. The molecule has 0 saturated carbocycles. The molecule has 5 nitrogen and oxygen atoms in total. The number of benzene rings is 3. The number of halogens is 1. The highest BCUT2D eigenvalue weighted by Crippen LogP contribution is 2.27. The lowest BCUT2D eigenvalue weighted by atomic mass is 10.1.